The summed E-state index contributed by atoms with van der Waals surface area (Å²) in [7, 11) is -5.88. The zero-order valence-corrected chi connectivity index (χ0v) is 29.3. The van der Waals surface area contributed by atoms with Gasteiger partial charge in [0, 0.05) is 44.4 Å². The van der Waals surface area contributed by atoms with Crippen molar-refractivity contribution in [2.45, 2.75) is 151 Å². The molecule has 4 aliphatic carbocycles. The maximum Gasteiger partial charge on any atom is 0.231 e. The molecule has 250 valence electrons. The van der Waals surface area contributed by atoms with Crippen LogP contribution in [0.3, 0.4) is 0 Å². The number of fused-ring (bicyclic) bond motifs is 2. The number of hydrogen-bond donors (Lipinski definition) is 0. The van der Waals surface area contributed by atoms with Crippen LogP contribution in [-0.2, 0) is 9.13 Å². The van der Waals surface area contributed by atoms with Gasteiger partial charge in [-0.1, -0.05) is 77.0 Å². The van der Waals surface area contributed by atoms with Crippen molar-refractivity contribution in [3.8, 4) is 34.1 Å². The molecule has 2 heterocycles. The second-order valence-electron chi connectivity index (χ2n) is 15.0. The third kappa shape index (κ3) is 5.28. The molecule has 6 nitrogen and oxygen atoms in total. The quantitative estimate of drug-likeness (QED) is 0.274. The molecule has 0 amide bonds. The first-order valence-electron chi connectivity index (χ1n) is 18.7. The van der Waals surface area contributed by atoms with E-state index in [0.29, 0.717) is 23.0 Å². The molecule has 4 fully saturated rings. The Morgan fingerprint density at radius 3 is 1.02 bits per heavy atom. The Labute approximate surface area is 275 Å². The van der Waals surface area contributed by atoms with E-state index in [-0.39, 0.29) is 36.2 Å². The zero-order chi connectivity index (χ0) is 31.1. The van der Waals surface area contributed by atoms with E-state index in [2.05, 4.69) is 12.1 Å². The van der Waals surface area contributed by atoms with Crippen LogP contribution in [0.15, 0.2) is 24.3 Å². The first-order chi connectivity index (χ1) is 22.6. The van der Waals surface area contributed by atoms with E-state index in [1.165, 1.54) is 25.7 Å². The summed E-state index contributed by atoms with van der Waals surface area (Å²) in [4.78, 5) is 0. The largest absolute Gasteiger partial charge is 0.454 e. The third-order valence-electron chi connectivity index (χ3n) is 12.5. The molecule has 0 saturated heterocycles. The van der Waals surface area contributed by atoms with Gasteiger partial charge in [0.1, 0.15) is 14.3 Å². The van der Waals surface area contributed by atoms with Crippen molar-refractivity contribution in [3.05, 3.63) is 24.3 Å². The summed E-state index contributed by atoms with van der Waals surface area (Å²) >= 11 is 0. The average Bonchev–Trinajstić information content (AvgIpc) is 3.82. The van der Waals surface area contributed by atoms with E-state index in [0.717, 1.165) is 124 Å². The Hall–Kier alpha value is -1.90. The van der Waals surface area contributed by atoms with E-state index in [1.54, 1.807) is 0 Å². The van der Waals surface area contributed by atoms with Gasteiger partial charge >= 0.3 is 0 Å². The lowest BCUT2D eigenvalue weighted by Crippen LogP contribution is -2.33. The maximum absolute atomic E-state index is 16.3. The molecule has 0 spiro atoms. The Morgan fingerprint density at radius 1 is 0.413 bits per heavy atom. The lowest BCUT2D eigenvalue weighted by atomic mass is 9.99. The number of benzene rings is 2. The molecule has 6 aliphatic rings. The van der Waals surface area contributed by atoms with Gasteiger partial charge in [-0.2, -0.15) is 0 Å². The van der Waals surface area contributed by atoms with Crippen molar-refractivity contribution < 1.29 is 28.1 Å². The molecule has 0 radical (unpaired) electrons. The van der Waals surface area contributed by atoms with Gasteiger partial charge in [0.25, 0.3) is 0 Å². The number of rotatable bonds is 7. The van der Waals surface area contributed by atoms with E-state index < -0.39 is 14.3 Å². The summed E-state index contributed by atoms with van der Waals surface area (Å²) in [5.41, 5.74) is 2.37. The van der Waals surface area contributed by atoms with Gasteiger partial charge in [-0.15, -0.1) is 0 Å². The van der Waals surface area contributed by atoms with Crippen LogP contribution in [0.1, 0.15) is 128 Å². The molecule has 0 unspecified atom stereocenters. The zero-order valence-electron chi connectivity index (χ0n) is 27.5. The van der Waals surface area contributed by atoms with Gasteiger partial charge in [0.2, 0.25) is 13.6 Å². The Balaban J connectivity index is 1.40. The van der Waals surface area contributed by atoms with Gasteiger partial charge in [0.05, 0.1) is 0 Å². The second-order valence-corrected chi connectivity index (χ2v) is 21.7. The summed E-state index contributed by atoms with van der Waals surface area (Å²) in [6.45, 7) is 0.265. The van der Waals surface area contributed by atoms with Crippen LogP contribution in [0.2, 0.25) is 0 Å². The molecule has 0 aromatic heterocycles. The topological polar surface area (TPSA) is 71.1 Å². The minimum absolute atomic E-state index is 0.133. The third-order valence-corrected chi connectivity index (χ3v) is 21.2. The molecule has 2 aromatic carbocycles. The molecule has 4 saturated carbocycles. The van der Waals surface area contributed by atoms with Crippen LogP contribution in [0.25, 0.3) is 11.1 Å². The van der Waals surface area contributed by atoms with Crippen molar-refractivity contribution in [1.82, 2.24) is 0 Å². The summed E-state index contributed by atoms with van der Waals surface area (Å²) in [6, 6.07) is 8.25. The van der Waals surface area contributed by atoms with Crippen LogP contribution in [0.5, 0.6) is 23.0 Å². The van der Waals surface area contributed by atoms with Gasteiger partial charge < -0.3 is 28.1 Å². The monoisotopic (exact) mass is 666 g/mol. The lowest BCUT2D eigenvalue weighted by molar-refractivity contribution is 0.173. The second kappa shape index (κ2) is 13.2. The maximum atomic E-state index is 16.3. The minimum atomic E-state index is -2.94. The fraction of sp³-hybridized carbons (Fsp3) is 0.684. The van der Waals surface area contributed by atoms with E-state index in [9.17, 15) is 0 Å². The first-order valence-corrected chi connectivity index (χ1v) is 22.3. The highest BCUT2D eigenvalue weighted by molar-refractivity contribution is 7.74. The van der Waals surface area contributed by atoms with Crippen LogP contribution in [0.4, 0.5) is 0 Å². The minimum Gasteiger partial charge on any atom is -0.454 e. The van der Waals surface area contributed by atoms with Gasteiger partial charge in [0.15, 0.2) is 23.0 Å². The molecular formula is C38H52O6P2. The van der Waals surface area contributed by atoms with E-state index in [1.807, 2.05) is 12.1 Å². The molecule has 0 atom stereocenters. The highest BCUT2D eigenvalue weighted by Gasteiger charge is 2.49. The van der Waals surface area contributed by atoms with Crippen LogP contribution < -0.4 is 29.6 Å². The van der Waals surface area contributed by atoms with Crippen molar-refractivity contribution >= 4 is 24.9 Å². The predicted molar refractivity (Wildman–Crippen MR) is 186 cm³/mol. The Bertz CT molecular complexity index is 1350. The fourth-order valence-electron chi connectivity index (χ4n) is 10.2. The molecule has 8 heteroatoms. The van der Waals surface area contributed by atoms with E-state index >= 15 is 9.13 Å². The highest BCUT2D eigenvalue weighted by Crippen LogP contribution is 2.68. The molecular weight excluding hydrogens is 614 g/mol. The van der Waals surface area contributed by atoms with Crippen LogP contribution >= 0.6 is 14.3 Å². The van der Waals surface area contributed by atoms with Crippen molar-refractivity contribution in [3.63, 3.8) is 0 Å². The number of hydrogen-bond acceptors (Lipinski definition) is 6. The van der Waals surface area contributed by atoms with Gasteiger partial charge in [-0.05, 0) is 75.6 Å². The average molecular weight is 667 g/mol. The van der Waals surface area contributed by atoms with Gasteiger partial charge in [-0.3, -0.25) is 0 Å². The van der Waals surface area contributed by atoms with Crippen LogP contribution in [0, 0.1) is 0 Å². The van der Waals surface area contributed by atoms with E-state index in [4.69, 9.17) is 18.9 Å². The summed E-state index contributed by atoms with van der Waals surface area (Å²) < 4.78 is 57.5. The molecule has 2 aromatic rings. The number of ether oxygens (including phenoxy) is 4. The predicted octanol–water partition coefficient (Wildman–Crippen LogP) is 10.1. The fourth-order valence-corrected chi connectivity index (χ4v) is 19.3. The summed E-state index contributed by atoms with van der Waals surface area (Å²) in [5, 5.41) is 1.86. The highest BCUT2D eigenvalue weighted by atomic mass is 31.2. The first kappa shape index (κ1) is 31.4. The summed E-state index contributed by atoms with van der Waals surface area (Å²) in [6.07, 6.45) is 22.2. The lowest BCUT2D eigenvalue weighted by Gasteiger charge is -2.41. The van der Waals surface area contributed by atoms with Gasteiger partial charge in [-0.25, -0.2) is 0 Å². The smallest absolute Gasteiger partial charge is 0.231 e. The molecule has 8 rings (SSSR count). The Morgan fingerprint density at radius 2 is 0.717 bits per heavy atom. The standard InChI is InChI=1S/C38H52O6P2/c39-45(27-13-5-1-6-14-27,28-15-7-2-8-16-28)33-23-21-31-37(43-25-41-31)35(33)36-34(24-22-32-38(36)44-26-42-32)46(40,29-17-9-3-10-18-29)30-19-11-4-12-20-30/h21-24,27-30H,1-20,25-26H2. The van der Waals surface area contributed by atoms with Crippen molar-refractivity contribution in [2.75, 3.05) is 13.6 Å². The molecule has 0 bridgehead atoms. The van der Waals surface area contributed by atoms with Crippen molar-refractivity contribution in [1.29, 1.82) is 0 Å². The SMILES string of the molecule is O=P(c1ccc2c(c1-c1c(P(=O)(C3CCCCC3)C3CCCCC3)ccc3c1OCO3)OCO2)(C1CCCCC1)C1CCCCC1. The van der Waals surface area contributed by atoms with Crippen molar-refractivity contribution in [2.24, 2.45) is 0 Å². The van der Waals surface area contributed by atoms with Crippen LogP contribution in [-0.4, -0.2) is 36.2 Å². The summed E-state index contributed by atoms with van der Waals surface area (Å²) in [5.74, 6) is 2.69. The molecule has 0 N–H and O–H groups in total. The normalized spacial score (nSPS) is 23.6. The Kier molecular flexibility index (Phi) is 9.00. The molecule has 2 aliphatic heterocycles. The molecule has 46 heavy (non-hydrogen) atoms.